The van der Waals surface area contributed by atoms with Crippen molar-refractivity contribution >= 4 is 17.7 Å². The van der Waals surface area contributed by atoms with Crippen molar-refractivity contribution in [2.24, 2.45) is 5.92 Å². The van der Waals surface area contributed by atoms with Crippen molar-refractivity contribution in [2.75, 3.05) is 5.32 Å². The van der Waals surface area contributed by atoms with Gasteiger partial charge >= 0.3 is 18.4 Å². The number of hydrogen-bond acceptors (Lipinski definition) is 3. The number of carbonyl (C=O) groups excluding carboxylic acids is 1. The van der Waals surface area contributed by atoms with Gasteiger partial charge in [-0.25, -0.2) is 9.59 Å². The molecule has 0 aliphatic rings. The van der Waals surface area contributed by atoms with E-state index in [-0.39, 0.29) is 18.0 Å². The molecule has 0 aliphatic carbocycles. The van der Waals surface area contributed by atoms with E-state index < -0.39 is 29.7 Å². The van der Waals surface area contributed by atoms with Crippen molar-refractivity contribution in [3.63, 3.8) is 0 Å². The Bertz CT molecular complexity index is 587. The first-order valence-corrected chi connectivity index (χ1v) is 7.09. The van der Waals surface area contributed by atoms with Crippen molar-refractivity contribution < 1.29 is 32.6 Å². The number of hydrogen-bond donors (Lipinski definition) is 3. The molecule has 0 saturated carbocycles. The molecule has 0 saturated heterocycles. The maximum Gasteiger partial charge on any atom is 0.573 e. The van der Waals surface area contributed by atoms with Crippen LogP contribution in [0.15, 0.2) is 24.3 Å². The van der Waals surface area contributed by atoms with E-state index >= 15 is 0 Å². The molecule has 1 unspecified atom stereocenters. The fourth-order valence-corrected chi connectivity index (χ4v) is 2.16. The molecule has 1 aromatic rings. The Morgan fingerprint density at radius 1 is 1.21 bits per heavy atom. The normalized spacial score (nSPS) is 14.0. The third kappa shape index (κ3) is 6.35. The zero-order valence-corrected chi connectivity index (χ0v) is 13.4. The number of carbonyl (C=O) groups is 2. The van der Waals surface area contributed by atoms with Gasteiger partial charge in [0.1, 0.15) is 11.3 Å². The van der Waals surface area contributed by atoms with Crippen LogP contribution in [-0.4, -0.2) is 29.0 Å². The van der Waals surface area contributed by atoms with E-state index in [0.29, 0.717) is 0 Å². The maximum absolute atomic E-state index is 12.1. The molecule has 0 spiro atoms. The van der Waals surface area contributed by atoms with Crippen LogP contribution >= 0.6 is 0 Å². The lowest BCUT2D eigenvalue weighted by Gasteiger charge is -2.28. The van der Waals surface area contributed by atoms with Crippen molar-refractivity contribution in [3.8, 4) is 5.75 Å². The first-order chi connectivity index (χ1) is 10.9. The minimum Gasteiger partial charge on any atom is -0.480 e. The molecule has 9 heteroatoms. The number of urea groups is 1. The molecule has 1 atom stereocenters. The molecule has 24 heavy (non-hydrogen) atoms. The number of anilines is 1. The largest absolute Gasteiger partial charge is 0.573 e. The lowest BCUT2D eigenvalue weighted by molar-refractivity contribution is -0.274. The smallest absolute Gasteiger partial charge is 0.480 e. The van der Waals surface area contributed by atoms with Crippen LogP contribution in [0, 0.1) is 5.92 Å². The first-order valence-electron chi connectivity index (χ1n) is 7.09. The quantitative estimate of drug-likeness (QED) is 0.733. The van der Waals surface area contributed by atoms with Crippen LogP contribution in [-0.2, 0) is 4.79 Å². The van der Waals surface area contributed by atoms with Gasteiger partial charge in [-0.1, -0.05) is 13.8 Å². The number of carboxylic acid groups (broad SMARTS) is 1. The summed E-state index contributed by atoms with van der Waals surface area (Å²) < 4.78 is 39.9. The molecule has 0 bridgehead atoms. The highest BCUT2D eigenvalue weighted by Gasteiger charge is 2.35. The molecule has 3 N–H and O–H groups in total. The third-order valence-corrected chi connectivity index (χ3v) is 3.02. The Labute approximate surface area is 137 Å². The van der Waals surface area contributed by atoms with E-state index in [1.54, 1.807) is 0 Å². The fourth-order valence-electron chi connectivity index (χ4n) is 2.16. The van der Waals surface area contributed by atoms with Gasteiger partial charge in [-0.15, -0.1) is 13.2 Å². The summed E-state index contributed by atoms with van der Waals surface area (Å²) in [5, 5.41) is 14.0. The van der Waals surface area contributed by atoms with Crippen LogP contribution in [0.2, 0.25) is 0 Å². The van der Waals surface area contributed by atoms with Crippen LogP contribution in [0.1, 0.15) is 27.2 Å². The Balaban J connectivity index is 2.72. The van der Waals surface area contributed by atoms with Gasteiger partial charge in [-0.2, -0.15) is 0 Å². The number of rotatable bonds is 6. The van der Waals surface area contributed by atoms with Gasteiger partial charge in [0, 0.05) is 5.69 Å². The molecule has 0 aromatic heterocycles. The highest BCUT2D eigenvalue weighted by molar-refractivity contribution is 5.93. The number of amides is 2. The monoisotopic (exact) mass is 348 g/mol. The number of halogens is 3. The summed E-state index contributed by atoms with van der Waals surface area (Å²) in [7, 11) is 0. The highest BCUT2D eigenvalue weighted by Crippen LogP contribution is 2.24. The van der Waals surface area contributed by atoms with Crippen LogP contribution in [0.25, 0.3) is 0 Å². The van der Waals surface area contributed by atoms with E-state index in [9.17, 15) is 27.9 Å². The average molecular weight is 348 g/mol. The van der Waals surface area contributed by atoms with E-state index in [1.807, 2.05) is 13.8 Å². The topological polar surface area (TPSA) is 87.7 Å². The van der Waals surface area contributed by atoms with Crippen molar-refractivity contribution in [2.45, 2.75) is 39.1 Å². The van der Waals surface area contributed by atoms with Gasteiger partial charge in [0.2, 0.25) is 0 Å². The van der Waals surface area contributed by atoms with Crippen LogP contribution in [0.4, 0.5) is 23.7 Å². The first kappa shape index (κ1) is 19.6. The summed E-state index contributed by atoms with van der Waals surface area (Å²) in [4.78, 5) is 23.3. The second-order valence-electron chi connectivity index (χ2n) is 5.89. The lowest BCUT2D eigenvalue weighted by atomic mass is 9.91. The molecule has 1 aromatic carbocycles. The fraction of sp³-hybridized carbons (Fsp3) is 0.467. The van der Waals surface area contributed by atoms with Gasteiger partial charge < -0.3 is 20.5 Å². The molecule has 0 aliphatic heterocycles. The minimum atomic E-state index is -4.80. The lowest BCUT2D eigenvalue weighted by Crippen LogP contribution is -2.54. The molecule has 134 valence electrons. The van der Waals surface area contributed by atoms with E-state index in [4.69, 9.17) is 0 Å². The van der Waals surface area contributed by atoms with Gasteiger partial charge in [0.15, 0.2) is 0 Å². The molecule has 0 heterocycles. The minimum absolute atomic E-state index is 0.0326. The number of aliphatic carboxylic acids is 1. The Morgan fingerprint density at radius 2 is 1.75 bits per heavy atom. The summed E-state index contributed by atoms with van der Waals surface area (Å²) in [6, 6.07) is 3.72. The maximum atomic E-state index is 12.1. The van der Waals surface area contributed by atoms with Crippen LogP contribution < -0.4 is 15.4 Å². The number of carboxylic acids is 1. The molecule has 6 nitrogen and oxygen atoms in total. The molecule has 0 radical (unpaired) electrons. The predicted molar refractivity (Wildman–Crippen MR) is 80.8 cm³/mol. The molecule has 0 fully saturated rings. The van der Waals surface area contributed by atoms with Gasteiger partial charge in [-0.3, -0.25) is 0 Å². The molecule has 1 rings (SSSR count). The summed E-state index contributed by atoms with van der Waals surface area (Å²) in [6.07, 6.45) is -4.58. The SMILES string of the molecule is CC(C)CC(C)(NC(=O)Nc1ccc(OC(F)(F)F)cc1)C(=O)O. The number of benzene rings is 1. The van der Waals surface area contributed by atoms with Crippen molar-refractivity contribution in [1.82, 2.24) is 5.32 Å². The summed E-state index contributed by atoms with van der Waals surface area (Å²) in [6.45, 7) is 5.02. The number of ether oxygens (including phenoxy) is 1. The van der Waals surface area contributed by atoms with Gasteiger partial charge in [-0.05, 0) is 43.5 Å². The van der Waals surface area contributed by atoms with E-state index in [1.165, 1.54) is 19.1 Å². The number of nitrogens with one attached hydrogen (secondary N) is 2. The Kier molecular flexibility index (Phi) is 6.05. The molecule has 2 amide bonds. The van der Waals surface area contributed by atoms with Gasteiger partial charge in [0.25, 0.3) is 0 Å². The van der Waals surface area contributed by atoms with Gasteiger partial charge in [0.05, 0.1) is 0 Å². The number of alkyl halides is 3. The van der Waals surface area contributed by atoms with E-state index in [2.05, 4.69) is 15.4 Å². The second-order valence-corrected chi connectivity index (χ2v) is 5.89. The Hall–Kier alpha value is -2.45. The van der Waals surface area contributed by atoms with E-state index in [0.717, 1.165) is 12.1 Å². The standard InChI is InChI=1S/C15H19F3N2O4/c1-9(2)8-14(3,12(21)22)20-13(23)19-10-4-6-11(7-5-10)24-15(16,17)18/h4-7,9H,8H2,1-3H3,(H,21,22)(H2,19,20,23). The Morgan fingerprint density at radius 3 is 2.17 bits per heavy atom. The zero-order chi connectivity index (χ0) is 18.5. The van der Waals surface area contributed by atoms with Crippen molar-refractivity contribution in [3.05, 3.63) is 24.3 Å². The second kappa shape index (κ2) is 7.41. The zero-order valence-electron chi connectivity index (χ0n) is 13.4. The third-order valence-electron chi connectivity index (χ3n) is 3.02. The van der Waals surface area contributed by atoms with Crippen LogP contribution in [0.5, 0.6) is 5.75 Å². The summed E-state index contributed by atoms with van der Waals surface area (Å²) in [5.41, 5.74) is -1.27. The summed E-state index contributed by atoms with van der Waals surface area (Å²) >= 11 is 0. The molecular formula is C15H19F3N2O4. The summed E-state index contributed by atoms with van der Waals surface area (Å²) in [5.74, 6) is -1.57. The average Bonchev–Trinajstić information content (AvgIpc) is 2.38. The molecular weight excluding hydrogens is 329 g/mol. The predicted octanol–water partition coefficient (Wildman–Crippen LogP) is 3.60. The van der Waals surface area contributed by atoms with Crippen LogP contribution in [0.3, 0.4) is 0 Å². The highest BCUT2D eigenvalue weighted by atomic mass is 19.4. The van der Waals surface area contributed by atoms with Crippen molar-refractivity contribution in [1.29, 1.82) is 0 Å².